The molecule has 0 aliphatic carbocycles. The smallest absolute Gasteiger partial charge is 0.124 e. The molecule has 3 nitrogen and oxygen atoms in total. The molecule has 1 atom stereocenters. The molecule has 2 N–H and O–H groups in total. The Morgan fingerprint density at radius 3 is 3.06 bits per heavy atom. The lowest BCUT2D eigenvalue weighted by molar-refractivity contribution is 0.00391. The highest BCUT2D eigenvalue weighted by atomic mass is 35.5. The Hall–Kier alpha value is -0.750. The minimum Gasteiger partial charge on any atom is -0.391 e. The highest BCUT2D eigenvalue weighted by Crippen LogP contribution is 2.20. The van der Waals surface area contributed by atoms with Crippen molar-refractivity contribution in [3.63, 3.8) is 0 Å². The largest absolute Gasteiger partial charge is 0.391 e. The molecule has 1 saturated heterocycles. The molecule has 1 aromatic rings. The first-order valence-electron chi connectivity index (χ1n) is 5.63. The molecule has 2 rings (SSSR count). The van der Waals surface area contributed by atoms with Gasteiger partial charge in [0, 0.05) is 24.7 Å². The van der Waals surface area contributed by atoms with Gasteiger partial charge in [-0.05, 0) is 17.7 Å². The second-order valence-corrected chi connectivity index (χ2v) is 5.11. The molecule has 1 aromatic carbocycles. The maximum Gasteiger partial charge on any atom is 0.124 e. The number of nitrogens with zero attached hydrogens (tertiary/aromatic N) is 1. The van der Waals surface area contributed by atoms with Crippen LogP contribution in [-0.2, 0) is 11.3 Å². The van der Waals surface area contributed by atoms with E-state index in [1.807, 2.05) is 0 Å². The van der Waals surface area contributed by atoms with E-state index in [0.717, 1.165) is 12.1 Å². The van der Waals surface area contributed by atoms with Crippen molar-refractivity contribution in [2.75, 3.05) is 19.7 Å². The van der Waals surface area contributed by atoms with Crippen LogP contribution in [0.25, 0.3) is 0 Å². The predicted octanol–water partition coefficient (Wildman–Crippen LogP) is 1.97. The van der Waals surface area contributed by atoms with Crippen LogP contribution < -0.4 is 5.73 Å². The lowest BCUT2D eigenvalue weighted by atomic mass is 10.2. The van der Waals surface area contributed by atoms with E-state index >= 15 is 0 Å². The number of morpholine rings is 1. The normalized spacial score (nSPS) is 20.9. The van der Waals surface area contributed by atoms with Gasteiger partial charge in [0.05, 0.1) is 6.61 Å². The molecule has 18 heavy (non-hydrogen) atoms. The third-order valence-corrected chi connectivity index (χ3v) is 3.49. The molecule has 0 aromatic heterocycles. The second kappa shape index (κ2) is 5.93. The summed E-state index contributed by atoms with van der Waals surface area (Å²) >= 11 is 10.9. The lowest BCUT2D eigenvalue weighted by Crippen LogP contribution is -2.47. The van der Waals surface area contributed by atoms with Crippen molar-refractivity contribution in [3.8, 4) is 0 Å². The van der Waals surface area contributed by atoms with Gasteiger partial charge in [0.25, 0.3) is 0 Å². The first kappa shape index (κ1) is 13.7. The maximum absolute atomic E-state index is 12.9. The first-order valence-corrected chi connectivity index (χ1v) is 6.42. The zero-order chi connectivity index (χ0) is 13.1. The Kier molecular flexibility index (Phi) is 4.50. The highest BCUT2D eigenvalue weighted by Gasteiger charge is 2.22. The fourth-order valence-corrected chi connectivity index (χ4v) is 2.28. The van der Waals surface area contributed by atoms with Crippen LogP contribution in [0.5, 0.6) is 0 Å². The summed E-state index contributed by atoms with van der Waals surface area (Å²) in [6.45, 7) is 2.65. The summed E-state index contributed by atoms with van der Waals surface area (Å²) in [5, 5.41) is 0.438. The van der Waals surface area contributed by atoms with Crippen LogP contribution in [0.15, 0.2) is 18.2 Å². The number of halogens is 2. The average Bonchev–Trinajstić information content (AvgIpc) is 2.33. The standard InChI is InChI=1S/C12H14ClFN2OS/c13-10-5-9(14)2-1-8(10)6-16-3-4-17-11(7-16)12(15)18/h1-2,5,11H,3-4,6-7H2,(H2,15,18). The molecule has 0 radical (unpaired) electrons. The topological polar surface area (TPSA) is 38.5 Å². The number of nitrogens with two attached hydrogens (primary N) is 1. The van der Waals surface area contributed by atoms with Crippen LogP contribution in [0, 0.1) is 5.82 Å². The van der Waals surface area contributed by atoms with E-state index in [4.69, 9.17) is 34.3 Å². The molecule has 1 aliphatic rings. The van der Waals surface area contributed by atoms with Crippen molar-refractivity contribution >= 4 is 28.8 Å². The van der Waals surface area contributed by atoms with Gasteiger partial charge in [-0.3, -0.25) is 4.90 Å². The number of rotatable bonds is 3. The van der Waals surface area contributed by atoms with Crippen LogP contribution in [0.1, 0.15) is 5.56 Å². The average molecular weight is 289 g/mol. The summed E-state index contributed by atoms with van der Waals surface area (Å²) < 4.78 is 18.4. The summed E-state index contributed by atoms with van der Waals surface area (Å²) in [5.74, 6) is -0.327. The van der Waals surface area contributed by atoms with Crippen LogP contribution in [0.4, 0.5) is 4.39 Å². The molecule has 98 valence electrons. The van der Waals surface area contributed by atoms with Gasteiger partial charge >= 0.3 is 0 Å². The molecular formula is C12H14ClFN2OS. The van der Waals surface area contributed by atoms with E-state index in [1.165, 1.54) is 12.1 Å². The molecule has 1 heterocycles. The van der Waals surface area contributed by atoms with E-state index in [0.29, 0.717) is 29.7 Å². The quantitative estimate of drug-likeness (QED) is 0.863. The van der Waals surface area contributed by atoms with Gasteiger partial charge in [0.2, 0.25) is 0 Å². The summed E-state index contributed by atoms with van der Waals surface area (Å²) in [7, 11) is 0. The molecule has 0 spiro atoms. The summed E-state index contributed by atoms with van der Waals surface area (Å²) in [5.41, 5.74) is 6.47. The molecule has 0 bridgehead atoms. The van der Waals surface area contributed by atoms with Gasteiger partial charge < -0.3 is 10.5 Å². The van der Waals surface area contributed by atoms with E-state index in [2.05, 4.69) is 4.90 Å². The Balaban J connectivity index is 2.02. The van der Waals surface area contributed by atoms with Crippen molar-refractivity contribution in [2.45, 2.75) is 12.6 Å². The van der Waals surface area contributed by atoms with Crippen molar-refractivity contribution < 1.29 is 9.13 Å². The molecule has 6 heteroatoms. The number of hydrogen-bond donors (Lipinski definition) is 1. The van der Waals surface area contributed by atoms with Crippen LogP contribution in [0.2, 0.25) is 5.02 Å². The van der Waals surface area contributed by atoms with Gasteiger partial charge in [-0.25, -0.2) is 4.39 Å². The van der Waals surface area contributed by atoms with E-state index in [-0.39, 0.29) is 11.9 Å². The molecule has 1 unspecified atom stereocenters. The molecule has 1 fully saturated rings. The number of ether oxygens (including phenoxy) is 1. The lowest BCUT2D eigenvalue weighted by Gasteiger charge is -2.32. The zero-order valence-electron chi connectivity index (χ0n) is 9.73. The second-order valence-electron chi connectivity index (χ2n) is 4.23. The predicted molar refractivity (Wildman–Crippen MR) is 73.2 cm³/mol. The van der Waals surface area contributed by atoms with Gasteiger partial charge in [0.1, 0.15) is 16.9 Å². The van der Waals surface area contributed by atoms with Crippen molar-refractivity contribution in [1.29, 1.82) is 0 Å². The zero-order valence-corrected chi connectivity index (χ0v) is 11.3. The number of hydrogen-bond acceptors (Lipinski definition) is 3. The SMILES string of the molecule is NC(=S)C1CN(Cc2ccc(F)cc2Cl)CCO1. The Morgan fingerprint density at radius 1 is 1.61 bits per heavy atom. The van der Waals surface area contributed by atoms with Crippen LogP contribution in [0.3, 0.4) is 0 Å². The minimum atomic E-state index is -0.327. The third kappa shape index (κ3) is 3.38. The van der Waals surface area contributed by atoms with Crippen molar-refractivity contribution in [2.24, 2.45) is 5.73 Å². The molecule has 1 aliphatic heterocycles. The molecular weight excluding hydrogens is 275 g/mol. The van der Waals surface area contributed by atoms with Crippen molar-refractivity contribution in [3.05, 3.63) is 34.6 Å². The highest BCUT2D eigenvalue weighted by molar-refractivity contribution is 7.80. The molecule has 0 amide bonds. The van der Waals surface area contributed by atoms with Gasteiger partial charge in [-0.2, -0.15) is 0 Å². The fourth-order valence-electron chi connectivity index (χ4n) is 1.91. The van der Waals surface area contributed by atoms with Crippen molar-refractivity contribution in [1.82, 2.24) is 4.90 Å². The Labute approximate surface area is 116 Å². The van der Waals surface area contributed by atoms with E-state index in [9.17, 15) is 4.39 Å². The summed E-state index contributed by atoms with van der Waals surface area (Å²) in [4.78, 5) is 2.51. The fraction of sp³-hybridized carbons (Fsp3) is 0.417. The summed E-state index contributed by atoms with van der Waals surface area (Å²) in [6.07, 6.45) is -0.215. The van der Waals surface area contributed by atoms with Gasteiger partial charge in [-0.15, -0.1) is 0 Å². The van der Waals surface area contributed by atoms with Gasteiger partial charge in [0.15, 0.2) is 0 Å². The van der Waals surface area contributed by atoms with E-state index < -0.39 is 0 Å². The van der Waals surface area contributed by atoms with Crippen LogP contribution >= 0.6 is 23.8 Å². The number of benzene rings is 1. The summed E-state index contributed by atoms with van der Waals surface area (Å²) in [6, 6.07) is 4.43. The maximum atomic E-state index is 12.9. The monoisotopic (exact) mass is 288 g/mol. The third-order valence-electron chi connectivity index (χ3n) is 2.88. The molecule has 0 saturated carbocycles. The van der Waals surface area contributed by atoms with Crippen LogP contribution in [-0.4, -0.2) is 35.7 Å². The Bertz CT molecular complexity index is 458. The number of thiocarbonyl (C=S) groups is 1. The first-order chi connectivity index (χ1) is 8.56. The van der Waals surface area contributed by atoms with E-state index in [1.54, 1.807) is 6.07 Å². The Morgan fingerprint density at radius 2 is 2.39 bits per heavy atom. The minimum absolute atomic E-state index is 0.215. The van der Waals surface area contributed by atoms with Gasteiger partial charge in [-0.1, -0.05) is 29.9 Å².